The SMILES string of the molecule is CC(C)(C)OC(=O)N[C@H]1CCN(c2cc(Cl)cc(N)n2)C1=O.CCOCC.CCOCC.Cc1ccc(NC(=O)N2CC[C@@H](CC(F)(F)F)C2)cc1-c1cc(N)nc(N2CC[C@H](NC(=O)OC(C)(C)C)C2=O)c1.Cc1ccc(NC(=O)N2CC[C@@H](CC(F)(F)F)C2)cc1B1OC(C)(C)C(C)(C)O1. The van der Waals surface area contributed by atoms with Gasteiger partial charge in [-0.15, -0.1) is 0 Å². The van der Waals surface area contributed by atoms with Crippen molar-refractivity contribution in [2.45, 2.75) is 196 Å². The summed E-state index contributed by atoms with van der Waals surface area (Å²) in [6, 6.07) is 14.9. The van der Waals surface area contributed by atoms with E-state index in [2.05, 4.69) is 31.2 Å². The molecule has 0 aliphatic carbocycles. The molecule has 566 valence electrons. The van der Waals surface area contributed by atoms with Gasteiger partial charge in [0.2, 0.25) is 0 Å². The zero-order valence-electron chi connectivity index (χ0n) is 61.4. The Hall–Kier alpha value is -7.87. The lowest BCUT2D eigenvalue weighted by Crippen LogP contribution is -2.44. The molecule has 0 unspecified atom stereocenters. The van der Waals surface area contributed by atoms with Gasteiger partial charge < -0.3 is 70.8 Å². The number of alkyl halides is 6. The van der Waals surface area contributed by atoms with Gasteiger partial charge in [0.05, 0.1) is 11.2 Å². The van der Waals surface area contributed by atoms with Crippen molar-refractivity contribution in [1.29, 1.82) is 0 Å². The van der Waals surface area contributed by atoms with Crippen LogP contribution in [0.1, 0.15) is 147 Å². The van der Waals surface area contributed by atoms with E-state index in [0.717, 1.165) is 48.6 Å². The fraction of sp³-hybridized carbons (Fsp3) is 0.600. The van der Waals surface area contributed by atoms with Crippen LogP contribution >= 0.6 is 11.6 Å². The highest BCUT2D eigenvalue weighted by Crippen LogP contribution is 2.38. The van der Waals surface area contributed by atoms with E-state index >= 15 is 0 Å². The van der Waals surface area contributed by atoms with Gasteiger partial charge in [-0.05, 0) is 219 Å². The van der Waals surface area contributed by atoms with Gasteiger partial charge in [0.1, 0.15) is 46.6 Å². The van der Waals surface area contributed by atoms with E-state index in [9.17, 15) is 55.1 Å². The van der Waals surface area contributed by atoms with Crippen molar-refractivity contribution in [3.63, 3.8) is 0 Å². The molecule has 102 heavy (non-hydrogen) atoms. The summed E-state index contributed by atoms with van der Waals surface area (Å²) < 4.78 is 108. The summed E-state index contributed by atoms with van der Waals surface area (Å²) in [6.07, 6.45) is -10.0. The summed E-state index contributed by atoms with van der Waals surface area (Å²) in [6.45, 7) is 35.0. The summed E-state index contributed by atoms with van der Waals surface area (Å²) in [5, 5.41) is 11.2. The summed E-state index contributed by atoms with van der Waals surface area (Å²) in [4.78, 5) is 88.8. The first kappa shape index (κ1) is 84.8. The number of pyridine rings is 2. The number of nitrogen functional groups attached to an aromatic ring is 2. The lowest BCUT2D eigenvalue weighted by Gasteiger charge is -2.32. The van der Waals surface area contributed by atoms with Crippen LogP contribution < -0.4 is 48.0 Å². The number of rotatable bonds is 14. The molecule has 32 heteroatoms. The normalized spacial score (nSPS) is 19.3. The van der Waals surface area contributed by atoms with Crippen molar-refractivity contribution in [3.8, 4) is 11.1 Å². The fourth-order valence-corrected chi connectivity index (χ4v) is 11.5. The number of anilines is 6. The Labute approximate surface area is 599 Å². The van der Waals surface area contributed by atoms with Crippen LogP contribution in [0.5, 0.6) is 0 Å². The molecule has 8 amide bonds. The number of carbonyl (C=O) groups excluding carboxylic acids is 6. The summed E-state index contributed by atoms with van der Waals surface area (Å²) in [5.74, 6) is -0.649. The Morgan fingerprint density at radius 1 is 0.588 bits per heavy atom. The number of hydrogen-bond acceptors (Lipinski definition) is 16. The maximum atomic E-state index is 13.1. The minimum atomic E-state index is -4.26. The van der Waals surface area contributed by atoms with Crippen LogP contribution in [0.4, 0.5) is 80.2 Å². The van der Waals surface area contributed by atoms with Gasteiger partial charge in [0.25, 0.3) is 11.8 Å². The second-order valence-corrected chi connectivity index (χ2v) is 28.6. The topological polar surface area (TPSA) is 297 Å². The molecule has 4 atom stereocenters. The molecule has 5 saturated heterocycles. The lowest BCUT2D eigenvalue weighted by atomic mass is 9.76. The summed E-state index contributed by atoms with van der Waals surface area (Å²) in [5.41, 5.74) is 14.5. The van der Waals surface area contributed by atoms with Crippen molar-refractivity contribution in [3.05, 3.63) is 76.8 Å². The van der Waals surface area contributed by atoms with E-state index < -0.39 is 103 Å². The zero-order valence-corrected chi connectivity index (χ0v) is 62.1. The molecular weight excluding hydrogens is 1360 g/mol. The number of aromatic nitrogens is 2. The van der Waals surface area contributed by atoms with Crippen LogP contribution in [0.2, 0.25) is 5.02 Å². The number of likely N-dealkylation sites (tertiary alicyclic amines) is 2. The first-order valence-corrected chi connectivity index (χ1v) is 34.5. The van der Waals surface area contributed by atoms with Crippen molar-refractivity contribution in [2.75, 3.05) is 97.6 Å². The molecule has 24 nitrogen and oxygen atoms in total. The lowest BCUT2D eigenvalue weighted by molar-refractivity contribution is -0.144. The Kier molecular flexibility index (Phi) is 30.4. The maximum absolute atomic E-state index is 13.1. The predicted octanol–water partition coefficient (Wildman–Crippen LogP) is 13.2. The Balaban J connectivity index is 0.000000268. The average Bonchev–Trinajstić information content (AvgIpc) is 1.60. The largest absolute Gasteiger partial charge is 0.495 e. The van der Waals surface area contributed by atoms with Crippen molar-refractivity contribution < 1.29 is 83.4 Å². The van der Waals surface area contributed by atoms with Gasteiger partial charge in [0.15, 0.2) is 0 Å². The van der Waals surface area contributed by atoms with Gasteiger partial charge in [-0.3, -0.25) is 19.4 Å². The Morgan fingerprint density at radius 2 is 0.990 bits per heavy atom. The number of amides is 8. The van der Waals surface area contributed by atoms with Gasteiger partial charge in [-0.25, -0.2) is 29.1 Å². The number of halogens is 7. The molecule has 5 fully saturated rings. The Morgan fingerprint density at radius 3 is 1.38 bits per heavy atom. The van der Waals surface area contributed by atoms with Crippen molar-refractivity contribution in [1.82, 2.24) is 30.4 Å². The van der Waals surface area contributed by atoms with E-state index in [0.29, 0.717) is 78.9 Å². The monoisotopic (exact) mass is 1460 g/mol. The number of carbonyl (C=O) groups is 6. The highest BCUT2D eigenvalue weighted by Gasteiger charge is 2.52. The number of aryl methyl sites for hydroxylation is 2. The number of nitrogens with one attached hydrogen (secondary N) is 4. The van der Waals surface area contributed by atoms with Gasteiger partial charge in [-0.2, -0.15) is 26.3 Å². The van der Waals surface area contributed by atoms with Crippen LogP contribution in [-0.2, 0) is 37.8 Å². The molecule has 0 radical (unpaired) electrons. The van der Waals surface area contributed by atoms with Crippen molar-refractivity contribution in [2.24, 2.45) is 11.8 Å². The third kappa shape index (κ3) is 26.8. The first-order valence-electron chi connectivity index (χ1n) is 34.1. The molecule has 2 aromatic carbocycles. The molecule has 8 N–H and O–H groups in total. The fourth-order valence-electron chi connectivity index (χ4n) is 11.2. The zero-order chi connectivity index (χ0) is 76.5. The minimum Gasteiger partial charge on any atom is -0.444 e. The van der Waals surface area contributed by atoms with E-state index in [4.69, 9.17) is 51.3 Å². The molecular formula is C70H102BClF6N12O12. The number of benzene rings is 2. The molecule has 7 heterocycles. The number of nitrogens with zero attached hydrogens (tertiary/aromatic N) is 6. The average molecular weight is 1460 g/mol. The van der Waals surface area contributed by atoms with Crippen LogP contribution in [0.15, 0.2) is 60.7 Å². The molecule has 4 aromatic rings. The number of nitrogens with two attached hydrogens (primary N) is 2. The van der Waals surface area contributed by atoms with Crippen molar-refractivity contribution >= 4 is 94.9 Å². The van der Waals surface area contributed by atoms with Gasteiger partial charge in [0, 0.05) is 94.9 Å². The van der Waals surface area contributed by atoms with Crippen LogP contribution in [0, 0.1) is 25.7 Å². The second kappa shape index (κ2) is 36.5. The molecule has 0 bridgehead atoms. The summed E-state index contributed by atoms with van der Waals surface area (Å²) in [7, 11) is -0.556. The second-order valence-electron chi connectivity index (χ2n) is 28.1. The standard InChI is InChI=1S/C28H35F3N6O4.C20H28BF3N2O3.C14H19ClN4O3.2C4H10O/c1-16-5-6-19(33-25(39)36-9-7-17(15-36)14-28(29,30)31)13-20(16)18-11-22(32)35-23(12-18)37-10-8-21(24(37)38)34-26(40)41-27(2,3)4;1-13-6-7-15(10-16(13)21-28-18(2,3)19(4,5)29-21)25-17(27)26-9-8-14(12-26)11-20(22,23)24;1-14(2,3)22-13(21)17-9-4-5-19(12(9)20)11-7-8(15)6-10(16)18-11;2*1-3-5-4-2/h5-6,11-13,17,21H,7-10,14-15H2,1-4H3,(H2,32,35)(H,33,39)(H,34,40);6-7,10,14H,8-9,11-12H2,1-5H3,(H,25,27);6-7,9H,4-5H2,1-3H3,(H2,16,18)(H,17,21);2*3-4H2,1-2H3/t17-,21-;14-;9-;;/m000../s1. The molecule has 0 saturated carbocycles. The minimum absolute atomic E-state index is 0.0436. The van der Waals surface area contributed by atoms with E-state index in [1.54, 1.807) is 90.1 Å². The molecule has 0 spiro atoms. The highest BCUT2D eigenvalue weighted by atomic mass is 35.5. The Bertz CT molecular complexity index is 3460. The van der Waals surface area contributed by atoms with Gasteiger partial charge >= 0.3 is 43.7 Å². The number of alkyl carbamates (subject to hydrolysis) is 2. The van der Waals surface area contributed by atoms with E-state index in [1.807, 2.05) is 75.3 Å². The van der Waals surface area contributed by atoms with Crippen LogP contribution in [0.25, 0.3) is 11.1 Å². The third-order valence-corrected chi connectivity index (χ3v) is 17.0. The molecule has 5 aliphatic heterocycles. The smallest absolute Gasteiger partial charge is 0.444 e. The van der Waals surface area contributed by atoms with E-state index in [1.165, 1.54) is 25.7 Å². The molecule has 9 rings (SSSR count). The quantitative estimate of drug-likeness (QED) is 0.0505. The number of ether oxygens (including phenoxy) is 4. The van der Waals surface area contributed by atoms with Crippen LogP contribution in [-0.4, -0.2) is 175 Å². The summed E-state index contributed by atoms with van der Waals surface area (Å²) >= 11 is 5.92. The highest BCUT2D eigenvalue weighted by molar-refractivity contribution is 6.62. The predicted molar refractivity (Wildman–Crippen MR) is 383 cm³/mol. The number of hydrogen-bond donors (Lipinski definition) is 6. The van der Waals surface area contributed by atoms with Crippen LogP contribution in [0.3, 0.4) is 0 Å². The third-order valence-electron chi connectivity index (χ3n) is 16.8. The van der Waals surface area contributed by atoms with E-state index in [-0.39, 0.29) is 43.1 Å². The van der Waals surface area contributed by atoms with Gasteiger partial charge in [-0.1, -0.05) is 29.3 Å². The molecule has 2 aromatic heterocycles. The first-order chi connectivity index (χ1) is 47.3. The maximum Gasteiger partial charge on any atom is 0.495 e. The molecule has 5 aliphatic rings. The number of urea groups is 2.